The zero-order valence-corrected chi connectivity index (χ0v) is 18.2. The van der Waals surface area contributed by atoms with Gasteiger partial charge in [-0.3, -0.25) is 9.10 Å². The summed E-state index contributed by atoms with van der Waals surface area (Å²) in [4.78, 5) is 11.8. The number of aryl methyl sites for hydroxylation is 1. The number of rotatable bonds is 6. The summed E-state index contributed by atoms with van der Waals surface area (Å²) < 4.78 is 47.7. The zero-order valence-electron chi connectivity index (χ0n) is 17.4. The van der Waals surface area contributed by atoms with E-state index >= 15 is 0 Å². The van der Waals surface area contributed by atoms with E-state index in [1.54, 1.807) is 61.5 Å². The van der Waals surface area contributed by atoms with Crippen molar-refractivity contribution < 1.29 is 27.4 Å². The van der Waals surface area contributed by atoms with Crippen molar-refractivity contribution in [3.8, 4) is 5.75 Å². The number of sulfonamides is 1. The number of hydrogen-bond acceptors (Lipinski definition) is 4. The molecule has 0 spiro atoms. The Kier molecular flexibility index (Phi) is 5.88. The minimum atomic E-state index is -4.00. The predicted molar refractivity (Wildman–Crippen MR) is 118 cm³/mol. The number of halogens is 1. The highest BCUT2D eigenvalue weighted by atomic mass is 32.2. The van der Waals surface area contributed by atoms with Crippen LogP contribution in [0.15, 0.2) is 71.6 Å². The average molecular weight is 456 g/mol. The Labute approximate surface area is 185 Å². The SMILES string of the molecule is Cc1cccc(S(=O)(=O)N2CC(C(=O)O)Cc3ccc(OCc4ccccc4F)cc32)c1. The second-order valence-electron chi connectivity index (χ2n) is 7.76. The fraction of sp³-hybridized carbons (Fsp3) is 0.208. The number of carbonyl (C=O) groups is 1. The lowest BCUT2D eigenvalue weighted by Crippen LogP contribution is -2.42. The van der Waals surface area contributed by atoms with Gasteiger partial charge in [0.2, 0.25) is 0 Å². The van der Waals surface area contributed by atoms with Crippen molar-refractivity contribution in [3.05, 3.63) is 89.2 Å². The Morgan fingerprint density at radius 2 is 1.91 bits per heavy atom. The molecule has 3 aromatic rings. The van der Waals surface area contributed by atoms with Gasteiger partial charge < -0.3 is 9.84 Å². The highest BCUT2D eigenvalue weighted by Gasteiger charge is 2.36. The molecule has 0 saturated carbocycles. The lowest BCUT2D eigenvalue weighted by Gasteiger charge is -2.34. The van der Waals surface area contributed by atoms with Crippen LogP contribution in [0, 0.1) is 18.7 Å². The van der Waals surface area contributed by atoms with E-state index in [0.717, 1.165) is 9.87 Å². The fourth-order valence-corrected chi connectivity index (χ4v) is 5.38. The van der Waals surface area contributed by atoms with Gasteiger partial charge in [0.05, 0.1) is 16.5 Å². The largest absolute Gasteiger partial charge is 0.489 e. The standard InChI is InChI=1S/C24H22FNO5S/c1-16-5-4-7-21(11-16)32(29,30)26-14-19(24(27)28)12-17-9-10-20(13-23(17)26)31-15-18-6-2-3-8-22(18)25/h2-11,13,19H,12,14-15H2,1H3,(H,27,28). The van der Waals surface area contributed by atoms with Crippen LogP contribution in [0.25, 0.3) is 0 Å². The van der Waals surface area contributed by atoms with Crippen molar-refractivity contribution >= 4 is 21.7 Å². The van der Waals surface area contributed by atoms with Gasteiger partial charge in [-0.25, -0.2) is 12.8 Å². The number of nitrogens with zero attached hydrogens (tertiary/aromatic N) is 1. The van der Waals surface area contributed by atoms with E-state index < -0.39 is 27.7 Å². The Morgan fingerprint density at radius 3 is 2.62 bits per heavy atom. The van der Waals surface area contributed by atoms with Crippen molar-refractivity contribution in [1.29, 1.82) is 0 Å². The van der Waals surface area contributed by atoms with Gasteiger partial charge in [0.15, 0.2) is 0 Å². The number of ether oxygens (including phenoxy) is 1. The predicted octanol–water partition coefficient (Wildman–Crippen LogP) is 4.17. The van der Waals surface area contributed by atoms with Crippen LogP contribution in [0.1, 0.15) is 16.7 Å². The van der Waals surface area contributed by atoms with Gasteiger partial charge in [-0.1, -0.05) is 36.4 Å². The molecule has 166 valence electrons. The molecule has 0 aromatic heterocycles. The maximum absolute atomic E-state index is 13.9. The molecular weight excluding hydrogens is 433 g/mol. The second-order valence-corrected chi connectivity index (χ2v) is 9.62. The maximum Gasteiger partial charge on any atom is 0.308 e. The monoisotopic (exact) mass is 455 g/mol. The van der Waals surface area contributed by atoms with E-state index in [4.69, 9.17) is 4.74 Å². The first-order valence-electron chi connectivity index (χ1n) is 10.1. The van der Waals surface area contributed by atoms with Crippen molar-refractivity contribution in [3.63, 3.8) is 0 Å². The molecule has 0 aliphatic carbocycles. The van der Waals surface area contributed by atoms with Crippen LogP contribution in [0.5, 0.6) is 5.75 Å². The number of benzene rings is 3. The molecule has 0 bridgehead atoms. The first kappa shape index (κ1) is 21.8. The highest BCUT2D eigenvalue weighted by Crippen LogP contribution is 2.37. The van der Waals surface area contributed by atoms with Crippen LogP contribution >= 0.6 is 0 Å². The first-order valence-corrected chi connectivity index (χ1v) is 11.5. The highest BCUT2D eigenvalue weighted by molar-refractivity contribution is 7.92. The van der Waals surface area contributed by atoms with E-state index in [1.165, 1.54) is 12.1 Å². The summed E-state index contributed by atoms with van der Waals surface area (Å²) >= 11 is 0. The van der Waals surface area contributed by atoms with Crippen LogP contribution in [0.4, 0.5) is 10.1 Å². The Bertz CT molecular complexity index is 1270. The van der Waals surface area contributed by atoms with Gasteiger partial charge >= 0.3 is 5.97 Å². The summed E-state index contributed by atoms with van der Waals surface area (Å²) in [5.41, 5.74) is 2.12. The summed E-state index contributed by atoms with van der Waals surface area (Å²) in [7, 11) is -4.00. The third kappa shape index (κ3) is 4.31. The lowest BCUT2D eigenvalue weighted by atomic mass is 9.94. The molecule has 0 amide bonds. The minimum absolute atomic E-state index is 0.0200. The summed E-state index contributed by atoms with van der Waals surface area (Å²) in [5, 5.41) is 9.57. The Morgan fingerprint density at radius 1 is 1.12 bits per heavy atom. The lowest BCUT2D eigenvalue weighted by molar-refractivity contribution is -0.141. The molecule has 32 heavy (non-hydrogen) atoms. The van der Waals surface area contributed by atoms with Crippen LogP contribution in [-0.4, -0.2) is 26.0 Å². The van der Waals surface area contributed by atoms with E-state index in [2.05, 4.69) is 0 Å². The summed E-state index contributed by atoms with van der Waals surface area (Å²) in [6, 6.07) is 17.6. The molecule has 0 radical (unpaired) electrons. The summed E-state index contributed by atoms with van der Waals surface area (Å²) in [5.74, 6) is -1.95. The third-order valence-corrected chi connectivity index (χ3v) is 7.23. The molecule has 8 heteroatoms. The number of anilines is 1. The maximum atomic E-state index is 13.9. The van der Waals surface area contributed by atoms with Gasteiger partial charge in [0.25, 0.3) is 10.0 Å². The van der Waals surface area contributed by atoms with Gasteiger partial charge in [0, 0.05) is 18.2 Å². The molecule has 0 fully saturated rings. The molecule has 4 rings (SSSR count). The van der Waals surface area contributed by atoms with Crippen molar-refractivity contribution in [1.82, 2.24) is 0 Å². The van der Waals surface area contributed by atoms with Crippen LogP contribution in [0.3, 0.4) is 0 Å². The first-order chi connectivity index (χ1) is 15.3. The van der Waals surface area contributed by atoms with Crippen molar-refractivity contribution in [2.24, 2.45) is 5.92 Å². The number of fused-ring (bicyclic) bond motifs is 1. The minimum Gasteiger partial charge on any atom is -0.489 e. The molecule has 1 aliphatic heterocycles. The van der Waals surface area contributed by atoms with E-state index in [0.29, 0.717) is 22.6 Å². The molecule has 1 aliphatic rings. The molecule has 1 heterocycles. The number of aliphatic carboxylic acids is 1. The van der Waals surface area contributed by atoms with Gasteiger partial charge in [0.1, 0.15) is 18.2 Å². The number of carboxylic acids is 1. The second kappa shape index (κ2) is 8.63. The third-order valence-electron chi connectivity index (χ3n) is 5.46. The Hall–Kier alpha value is -3.39. The Balaban J connectivity index is 1.71. The molecule has 3 aromatic carbocycles. The van der Waals surface area contributed by atoms with E-state index in [-0.39, 0.29) is 24.5 Å². The number of hydrogen-bond donors (Lipinski definition) is 1. The molecular formula is C24H22FNO5S. The topological polar surface area (TPSA) is 83.9 Å². The molecule has 6 nitrogen and oxygen atoms in total. The summed E-state index contributed by atoms with van der Waals surface area (Å²) in [6.07, 6.45) is 0.206. The van der Waals surface area contributed by atoms with Crippen molar-refractivity contribution in [2.45, 2.75) is 24.8 Å². The number of carboxylic acid groups (broad SMARTS) is 1. The molecule has 1 unspecified atom stereocenters. The summed E-state index contributed by atoms with van der Waals surface area (Å²) in [6.45, 7) is 1.58. The van der Waals surface area contributed by atoms with E-state index in [1.807, 2.05) is 0 Å². The normalized spacial score (nSPS) is 15.8. The quantitative estimate of drug-likeness (QED) is 0.603. The van der Waals surface area contributed by atoms with Crippen LogP contribution in [-0.2, 0) is 27.8 Å². The molecule has 0 saturated heterocycles. The van der Waals surface area contributed by atoms with Crippen LogP contribution < -0.4 is 9.04 Å². The smallest absolute Gasteiger partial charge is 0.308 e. The van der Waals surface area contributed by atoms with Gasteiger partial charge in [-0.05, 0) is 48.7 Å². The van der Waals surface area contributed by atoms with Crippen molar-refractivity contribution in [2.75, 3.05) is 10.8 Å². The average Bonchev–Trinajstić information content (AvgIpc) is 2.77. The molecule has 1 N–H and O–H groups in total. The van der Waals surface area contributed by atoms with Gasteiger partial charge in [-0.15, -0.1) is 0 Å². The fourth-order valence-electron chi connectivity index (χ4n) is 3.74. The van der Waals surface area contributed by atoms with E-state index in [9.17, 15) is 22.7 Å². The van der Waals surface area contributed by atoms with Crippen LogP contribution in [0.2, 0.25) is 0 Å². The molecule has 1 atom stereocenters. The van der Waals surface area contributed by atoms with Gasteiger partial charge in [-0.2, -0.15) is 0 Å². The zero-order chi connectivity index (χ0) is 22.9.